The highest BCUT2D eigenvalue weighted by Crippen LogP contribution is 2.32. The summed E-state index contributed by atoms with van der Waals surface area (Å²) >= 11 is 6.39. The molecule has 0 saturated carbocycles. The first-order valence-electron chi connectivity index (χ1n) is 10.5. The number of rotatable bonds is 3. The van der Waals surface area contributed by atoms with Crippen LogP contribution in [0.4, 0.5) is 0 Å². The van der Waals surface area contributed by atoms with Crippen LogP contribution in [0, 0.1) is 6.92 Å². The molecule has 1 aromatic heterocycles. The number of carbonyl (C=O) groups is 1. The lowest BCUT2D eigenvalue weighted by atomic mass is 9.98. The van der Waals surface area contributed by atoms with Gasteiger partial charge in [0.2, 0.25) is 0 Å². The maximum absolute atomic E-state index is 13.6. The van der Waals surface area contributed by atoms with E-state index in [0.29, 0.717) is 5.02 Å². The number of carbonyl (C=O) groups excluding carboxylic acids is 1. The second-order valence-electron chi connectivity index (χ2n) is 8.02. The van der Waals surface area contributed by atoms with Crippen molar-refractivity contribution >= 4 is 28.4 Å². The Hall–Kier alpha value is -2.39. The third-order valence-electron chi connectivity index (χ3n) is 6.12. The molecule has 0 spiro atoms. The minimum absolute atomic E-state index is 0.0951. The zero-order valence-electron chi connectivity index (χ0n) is 17.3. The molecule has 1 fully saturated rings. The lowest BCUT2D eigenvalue weighted by Crippen LogP contribution is -2.42. The van der Waals surface area contributed by atoms with Crippen molar-refractivity contribution < 1.29 is 4.79 Å². The Balaban J connectivity index is 1.89. The zero-order valence-corrected chi connectivity index (χ0v) is 18.1. The molecule has 4 rings (SSSR count). The smallest absolute Gasteiger partial charge is 0.254 e. The third-order valence-corrected chi connectivity index (χ3v) is 6.53. The molecule has 0 aliphatic carbocycles. The fraction of sp³-hybridized carbons (Fsp3) is 0.360. The van der Waals surface area contributed by atoms with Crippen LogP contribution in [0.1, 0.15) is 54.6 Å². The van der Waals surface area contributed by atoms with Crippen LogP contribution in [0.2, 0.25) is 5.02 Å². The molecule has 3 aromatic rings. The Morgan fingerprint density at radius 1 is 1.17 bits per heavy atom. The van der Waals surface area contributed by atoms with Crippen LogP contribution < -0.4 is 0 Å². The maximum Gasteiger partial charge on any atom is 0.254 e. The number of pyridine rings is 1. The van der Waals surface area contributed by atoms with Crippen LogP contribution in [-0.4, -0.2) is 28.4 Å². The summed E-state index contributed by atoms with van der Waals surface area (Å²) in [5, 5.41) is 1.55. The molecule has 1 aliphatic rings. The van der Waals surface area contributed by atoms with Crippen molar-refractivity contribution in [2.24, 2.45) is 0 Å². The number of piperidine rings is 1. The SMILES string of the molecule is CCc1ccc(-c2cc(C(=O)N3CCCCC3C)c3ccc(Cl)c(C)c3n2)cc1. The van der Waals surface area contributed by atoms with Gasteiger partial charge in [0.25, 0.3) is 5.91 Å². The van der Waals surface area contributed by atoms with Crippen LogP contribution in [-0.2, 0) is 6.42 Å². The van der Waals surface area contributed by atoms with Gasteiger partial charge in [-0.05, 0) is 62.8 Å². The minimum atomic E-state index is 0.0951. The first-order chi connectivity index (χ1) is 14.0. The number of benzene rings is 2. The van der Waals surface area contributed by atoms with E-state index >= 15 is 0 Å². The van der Waals surface area contributed by atoms with E-state index in [1.54, 1.807) is 0 Å². The largest absolute Gasteiger partial charge is 0.336 e. The highest BCUT2D eigenvalue weighted by Gasteiger charge is 2.26. The van der Waals surface area contributed by atoms with Crippen LogP contribution in [0.25, 0.3) is 22.2 Å². The van der Waals surface area contributed by atoms with E-state index in [2.05, 4.69) is 38.1 Å². The third kappa shape index (κ3) is 3.76. The van der Waals surface area contributed by atoms with Crippen molar-refractivity contribution in [2.75, 3.05) is 6.54 Å². The van der Waals surface area contributed by atoms with Crippen molar-refractivity contribution in [1.82, 2.24) is 9.88 Å². The average Bonchev–Trinajstić information content (AvgIpc) is 2.75. The minimum Gasteiger partial charge on any atom is -0.336 e. The first-order valence-corrected chi connectivity index (χ1v) is 10.9. The lowest BCUT2D eigenvalue weighted by molar-refractivity contribution is 0.0637. The fourth-order valence-electron chi connectivity index (χ4n) is 4.19. The molecular formula is C25H27ClN2O. The highest BCUT2D eigenvalue weighted by molar-refractivity contribution is 6.32. The Morgan fingerprint density at radius 2 is 1.93 bits per heavy atom. The Bertz CT molecular complexity index is 1060. The second-order valence-corrected chi connectivity index (χ2v) is 8.42. The van der Waals surface area contributed by atoms with Gasteiger partial charge in [0.15, 0.2) is 0 Å². The quantitative estimate of drug-likeness (QED) is 0.501. The molecule has 1 amide bonds. The molecule has 1 atom stereocenters. The average molecular weight is 407 g/mol. The van der Waals surface area contributed by atoms with Gasteiger partial charge in [-0.2, -0.15) is 0 Å². The van der Waals surface area contributed by atoms with E-state index in [9.17, 15) is 4.79 Å². The van der Waals surface area contributed by atoms with Crippen molar-refractivity contribution in [3.05, 3.63) is 64.2 Å². The van der Waals surface area contributed by atoms with Crippen molar-refractivity contribution in [3.63, 3.8) is 0 Å². The number of fused-ring (bicyclic) bond motifs is 1. The number of hydrogen-bond acceptors (Lipinski definition) is 2. The molecule has 1 unspecified atom stereocenters. The van der Waals surface area contributed by atoms with Crippen molar-refractivity contribution in [1.29, 1.82) is 0 Å². The summed E-state index contributed by atoms with van der Waals surface area (Å²) < 4.78 is 0. The molecule has 29 heavy (non-hydrogen) atoms. The molecule has 2 aromatic carbocycles. The maximum atomic E-state index is 13.6. The number of likely N-dealkylation sites (tertiary alicyclic amines) is 1. The topological polar surface area (TPSA) is 33.2 Å². The molecule has 0 N–H and O–H groups in total. The van der Waals surface area contributed by atoms with Gasteiger partial charge in [0, 0.05) is 28.6 Å². The van der Waals surface area contributed by atoms with Crippen molar-refractivity contribution in [2.45, 2.75) is 52.5 Å². The molecule has 0 radical (unpaired) electrons. The normalized spacial score (nSPS) is 17.0. The van der Waals surface area contributed by atoms with E-state index in [1.165, 1.54) is 12.0 Å². The molecule has 1 aliphatic heterocycles. The van der Waals surface area contributed by atoms with Crippen LogP contribution in [0.3, 0.4) is 0 Å². The van der Waals surface area contributed by atoms with Gasteiger partial charge < -0.3 is 4.90 Å². The summed E-state index contributed by atoms with van der Waals surface area (Å²) in [6.07, 6.45) is 4.31. The summed E-state index contributed by atoms with van der Waals surface area (Å²) in [6.45, 7) is 7.08. The van der Waals surface area contributed by atoms with E-state index in [4.69, 9.17) is 16.6 Å². The van der Waals surface area contributed by atoms with Crippen LogP contribution in [0.5, 0.6) is 0 Å². The molecule has 1 saturated heterocycles. The number of aromatic nitrogens is 1. The van der Waals surface area contributed by atoms with Gasteiger partial charge >= 0.3 is 0 Å². The van der Waals surface area contributed by atoms with Gasteiger partial charge in [-0.25, -0.2) is 4.98 Å². The summed E-state index contributed by atoms with van der Waals surface area (Å²) in [5.41, 5.74) is 5.56. The number of nitrogens with zero attached hydrogens (tertiary/aromatic N) is 2. The Labute approximate surface area is 177 Å². The van der Waals surface area contributed by atoms with E-state index in [1.807, 2.05) is 30.0 Å². The molecule has 2 heterocycles. The lowest BCUT2D eigenvalue weighted by Gasteiger charge is -2.33. The summed E-state index contributed by atoms with van der Waals surface area (Å²) in [5.74, 6) is 0.0951. The Morgan fingerprint density at radius 3 is 2.62 bits per heavy atom. The second kappa shape index (κ2) is 8.16. The predicted molar refractivity (Wildman–Crippen MR) is 121 cm³/mol. The number of aryl methyl sites for hydroxylation is 2. The summed E-state index contributed by atoms with van der Waals surface area (Å²) in [4.78, 5) is 20.5. The van der Waals surface area contributed by atoms with Gasteiger partial charge in [0.1, 0.15) is 0 Å². The molecule has 3 nitrogen and oxygen atoms in total. The summed E-state index contributed by atoms with van der Waals surface area (Å²) in [7, 11) is 0. The first kappa shape index (κ1) is 19.9. The predicted octanol–water partition coefficient (Wildman–Crippen LogP) is 6.44. The van der Waals surface area contributed by atoms with Crippen LogP contribution >= 0.6 is 11.6 Å². The highest BCUT2D eigenvalue weighted by atomic mass is 35.5. The molecule has 150 valence electrons. The van der Waals surface area contributed by atoms with Gasteiger partial charge in [0.05, 0.1) is 16.8 Å². The molecular weight excluding hydrogens is 380 g/mol. The van der Waals surface area contributed by atoms with E-state index < -0.39 is 0 Å². The molecule has 0 bridgehead atoms. The number of amides is 1. The van der Waals surface area contributed by atoms with Crippen LogP contribution in [0.15, 0.2) is 42.5 Å². The number of hydrogen-bond donors (Lipinski definition) is 0. The Kier molecular flexibility index (Phi) is 5.60. The van der Waals surface area contributed by atoms with Crippen molar-refractivity contribution in [3.8, 4) is 11.3 Å². The van der Waals surface area contributed by atoms with E-state index in [-0.39, 0.29) is 11.9 Å². The fourth-order valence-corrected chi connectivity index (χ4v) is 4.35. The number of halogens is 1. The zero-order chi connectivity index (χ0) is 20.5. The van der Waals surface area contributed by atoms with E-state index in [0.717, 1.165) is 59.1 Å². The standard InChI is InChI=1S/C25H27ClN2O/c1-4-18-8-10-19(11-9-18)23-15-21(25(29)28-14-6-5-7-16(28)2)20-12-13-22(26)17(3)24(20)27-23/h8-13,15-16H,4-7,14H2,1-3H3. The molecule has 4 heteroatoms. The summed E-state index contributed by atoms with van der Waals surface area (Å²) in [6, 6.07) is 14.5. The monoisotopic (exact) mass is 406 g/mol. The van der Waals surface area contributed by atoms with Gasteiger partial charge in [-0.15, -0.1) is 0 Å². The van der Waals surface area contributed by atoms with Gasteiger partial charge in [-0.1, -0.05) is 48.9 Å². The van der Waals surface area contributed by atoms with Gasteiger partial charge in [-0.3, -0.25) is 4.79 Å².